The van der Waals surface area contributed by atoms with E-state index in [-0.39, 0.29) is 24.3 Å². The maximum Gasteiger partial charge on any atom is 0.327 e. The minimum atomic E-state index is -1.24. The zero-order valence-corrected chi connectivity index (χ0v) is 22.0. The molecule has 0 saturated heterocycles. The Morgan fingerprint density at radius 1 is 0.944 bits per heavy atom. The van der Waals surface area contributed by atoms with Crippen LogP contribution in [0.5, 0.6) is 5.75 Å². The van der Waals surface area contributed by atoms with Crippen LogP contribution in [0.3, 0.4) is 0 Å². The summed E-state index contributed by atoms with van der Waals surface area (Å²) in [6.45, 7) is 0.405. The summed E-state index contributed by atoms with van der Waals surface area (Å²) in [7, 11) is 0. The van der Waals surface area contributed by atoms with Gasteiger partial charge >= 0.3 is 5.97 Å². The van der Waals surface area contributed by atoms with E-state index in [1.165, 1.54) is 23.9 Å². The minimum Gasteiger partial charge on any atom is -0.508 e. The molecule has 11 nitrogen and oxygen atoms in total. The molecule has 1 aromatic carbocycles. The van der Waals surface area contributed by atoms with E-state index < -0.39 is 47.9 Å². The summed E-state index contributed by atoms with van der Waals surface area (Å²) in [5.74, 6) is -2.44. The number of carboxylic acids is 1. The van der Waals surface area contributed by atoms with Crippen LogP contribution in [-0.4, -0.2) is 82.4 Å². The Bertz CT molecular complexity index is 858. The number of thioether (sulfide) groups is 1. The Kier molecular flexibility index (Phi) is 14.9. The molecule has 3 amide bonds. The molecule has 0 spiro atoms. The van der Waals surface area contributed by atoms with Crippen molar-refractivity contribution >= 4 is 48.1 Å². The number of aliphatic carboxylic acids is 1. The van der Waals surface area contributed by atoms with Crippen molar-refractivity contribution in [3.05, 3.63) is 29.8 Å². The lowest BCUT2D eigenvalue weighted by Gasteiger charge is -2.25. The van der Waals surface area contributed by atoms with Crippen molar-refractivity contribution in [2.75, 3.05) is 24.3 Å². The number of phenols is 1. The van der Waals surface area contributed by atoms with Crippen LogP contribution in [0.1, 0.15) is 31.2 Å². The number of amides is 3. The lowest BCUT2D eigenvalue weighted by molar-refractivity contribution is -0.141. The van der Waals surface area contributed by atoms with E-state index in [0.29, 0.717) is 31.6 Å². The maximum atomic E-state index is 13.1. The van der Waals surface area contributed by atoms with Gasteiger partial charge in [-0.05, 0) is 68.4 Å². The van der Waals surface area contributed by atoms with Crippen LogP contribution in [0.2, 0.25) is 0 Å². The second kappa shape index (κ2) is 17.1. The van der Waals surface area contributed by atoms with Crippen molar-refractivity contribution < 1.29 is 29.4 Å². The number of nitrogens with two attached hydrogens (primary N) is 2. The van der Waals surface area contributed by atoms with Gasteiger partial charge in [-0.25, -0.2) is 4.79 Å². The van der Waals surface area contributed by atoms with E-state index in [0.717, 1.165) is 5.56 Å². The Balaban J connectivity index is 2.91. The van der Waals surface area contributed by atoms with Gasteiger partial charge in [0.05, 0.1) is 6.04 Å². The molecule has 0 saturated carbocycles. The molecule has 4 atom stereocenters. The Morgan fingerprint density at radius 2 is 1.50 bits per heavy atom. The Hall–Kier alpha value is -2.48. The first-order valence-electron chi connectivity index (χ1n) is 11.6. The highest BCUT2D eigenvalue weighted by Crippen LogP contribution is 2.11. The van der Waals surface area contributed by atoms with Crippen molar-refractivity contribution in [2.45, 2.75) is 56.3 Å². The first-order chi connectivity index (χ1) is 17.1. The summed E-state index contributed by atoms with van der Waals surface area (Å²) >= 11 is 5.44. The average Bonchev–Trinajstić information content (AvgIpc) is 2.85. The monoisotopic (exact) mass is 543 g/mol. The highest BCUT2D eigenvalue weighted by molar-refractivity contribution is 7.98. The average molecular weight is 544 g/mol. The van der Waals surface area contributed by atoms with E-state index in [1.807, 2.05) is 6.26 Å². The highest BCUT2D eigenvalue weighted by atomic mass is 32.2. The van der Waals surface area contributed by atoms with Gasteiger partial charge in [-0.3, -0.25) is 14.4 Å². The van der Waals surface area contributed by atoms with Crippen molar-refractivity contribution in [3.8, 4) is 5.75 Å². The summed E-state index contributed by atoms with van der Waals surface area (Å²) in [5.41, 5.74) is 12.3. The van der Waals surface area contributed by atoms with Gasteiger partial charge in [0.25, 0.3) is 0 Å². The number of aromatic hydroxyl groups is 1. The van der Waals surface area contributed by atoms with Crippen LogP contribution in [0.4, 0.5) is 0 Å². The third kappa shape index (κ3) is 11.5. The fraction of sp³-hybridized carbons (Fsp3) is 0.565. The van der Waals surface area contributed by atoms with E-state index in [1.54, 1.807) is 12.1 Å². The molecule has 1 aromatic rings. The summed E-state index contributed by atoms with van der Waals surface area (Å²) in [5, 5.41) is 26.3. The van der Waals surface area contributed by atoms with E-state index in [9.17, 15) is 29.4 Å². The van der Waals surface area contributed by atoms with Crippen LogP contribution in [-0.2, 0) is 25.6 Å². The second-order valence-corrected chi connectivity index (χ2v) is 9.60. The van der Waals surface area contributed by atoms with E-state index in [4.69, 9.17) is 11.5 Å². The molecule has 0 radical (unpaired) electrons. The molecule has 13 heteroatoms. The molecule has 0 aliphatic heterocycles. The molecular formula is C23H37N5O6S2. The third-order valence-corrected chi connectivity index (χ3v) is 6.36. The SMILES string of the molecule is CSCCC(NC(=O)C(N)Cc1ccc(O)cc1)C(=O)NC(CCCCN)C(=O)NC(CS)C(=O)O. The largest absolute Gasteiger partial charge is 0.508 e. The molecule has 0 heterocycles. The van der Waals surface area contributed by atoms with Crippen molar-refractivity contribution in [1.82, 2.24) is 16.0 Å². The first kappa shape index (κ1) is 31.5. The van der Waals surface area contributed by atoms with Crippen molar-refractivity contribution in [3.63, 3.8) is 0 Å². The van der Waals surface area contributed by atoms with Crippen molar-refractivity contribution in [1.29, 1.82) is 0 Å². The Morgan fingerprint density at radius 3 is 2.03 bits per heavy atom. The van der Waals surface area contributed by atoms with Gasteiger partial charge in [-0.15, -0.1) is 0 Å². The van der Waals surface area contributed by atoms with Gasteiger partial charge in [0, 0.05) is 5.75 Å². The normalized spacial score (nSPS) is 14.2. The number of carboxylic acid groups (broad SMARTS) is 1. The summed E-state index contributed by atoms with van der Waals surface area (Å²) in [6.07, 6.45) is 3.76. The number of phenolic OH excluding ortho intramolecular Hbond substituents is 1. The summed E-state index contributed by atoms with van der Waals surface area (Å²) in [6, 6.07) is 2.20. The molecule has 0 bridgehead atoms. The number of hydrogen-bond donors (Lipinski definition) is 8. The standard InChI is InChI=1S/C23H37N5O6S2/c1-36-11-9-18(26-20(30)16(25)12-14-5-7-15(29)8-6-14)22(32)27-17(4-2-3-10-24)21(31)28-19(13-35)23(33)34/h5-8,16-19,29,35H,2-4,9-13,24-25H2,1H3,(H,26,30)(H,27,32)(H,28,31)(H,33,34). The zero-order chi connectivity index (χ0) is 27.1. The van der Waals surface area contributed by atoms with Gasteiger partial charge in [0.1, 0.15) is 23.9 Å². The topological polar surface area (TPSA) is 197 Å². The highest BCUT2D eigenvalue weighted by Gasteiger charge is 2.29. The fourth-order valence-corrected chi connectivity index (χ4v) is 3.97. The molecule has 9 N–H and O–H groups in total. The van der Waals surface area contributed by atoms with E-state index in [2.05, 4.69) is 28.6 Å². The van der Waals surface area contributed by atoms with Gasteiger partial charge in [-0.2, -0.15) is 24.4 Å². The predicted octanol–water partition coefficient (Wildman–Crippen LogP) is -0.387. The minimum absolute atomic E-state index is 0.0969. The van der Waals surface area contributed by atoms with Crippen LogP contribution < -0.4 is 27.4 Å². The number of thiol groups is 1. The van der Waals surface area contributed by atoms with E-state index >= 15 is 0 Å². The summed E-state index contributed by atoms with van der Waals surface area (Å²) in [4.78, 5) is 49.9. The third-order valence-electron chi connectivity index (χ3n) is 5.35. The van der Waals surface area contributed by atoms with Gasteiger partial charge in [0.2, 0.25) is 17.7 Å². The Labute approximate surface area is 220 Å². The van der Waals surface area contributed by atoms with Gasteiger partial charge in [-0.1, -0.05) is 12.1 Å². The molecule has 1 rings (SSSR count). The lowest BCUT2D eigenvalue weighted by atomic mass is 10.0. The molecule has 4 unspecified atom stereocenters. The second-order valence-electron chi connectivity index (χ2n) is 8.25. The number of nitrogens with one attached hydrogen (secondary N) is 3. The number of carbonyl (C=O) groups is 4. The quantitative estimate of drug-likeness (QED) is 0.0953. The lowest BCUT2D eigenvalue weighted by Crippen LogP contribution is -2.57. The van der Waals surface area contributed by atoms with Crippen LogP contribution >= 0.6 is 24.4 Å². The molecule has 0 aromatic heterocycles. The predicted molar refractivity (Wildman–Crippen MR) is 143 cm³/mol. The number of carbonyl (C=O) groups excluding carboxylic acids is 3. The fourth-order valence-electron chi connectivity index (χ4n) is 3.25. The number of benzene rings is 1. The molecule has 0 aliphatic carbocycles. The van der Waals surface area contributed by atoms with Gasteiger partial charge in [0.15, 0.2) is 0 Å². The number of unbranched alkanes of at least 4 members (excludes halogenated alkanes) is 1. The van der Waals surface area contributed by atoms with Crippen LogP contribution in [0.15, 0.2) is 24.3 Å². The first-order valence-corrected chi connectivity index (χ1v) is 13.6. The summed E-state index contributed by atoms with van der Waals surface area (Å²) < 4.78 is 0. The van der Waals surface area contributed by atoms with Crippen molar-refractivity contribution in [2.24, 2.45) is 11.5 Å². The smallest absolute Gasteiger partial charge is 0.327 e. The molecule has 36 heavy (non-hydrogen) atoms. The molecular weight excluding hydrogens is 506 g/mol. The molecule has 0 aliphatic rings. The molecule has 202 valence electrons. The van der Waals surface area contributed by atoms with Crippen LogP contribution in [0, 0.1) is 0 Å². The van der Waals surface area contributed by atoms with Gasteiger partial charge < -0.3 is 37.6 Å². The van der Waals surface area contributed by atoms with Crippen LogP contribution in [0.25, 0.3) is 0 Å². The number of hydrogen-bond acceptors (Lipinski definition) is 9. The molecule has 0 fully saturated rings. The number of rotatable bonds is 17. The maximum absolute atomic E-state index is 13.1. The zero-order valence-electron chi connectivity index (χ0n) is 20.3.